The fourth-order valence-corrected chi connectivity index (χ4v) is 5.80. The first kappa shape index (κ1) is 19.3. The van der Waals surface area contributed by atoms with Gasteiger partial charge < -0.3 is 13.9 Å². The molecule has 5 nitrogen and oxygen atoms in total. The number of hydrogen-bond acceptors (Lipinski definition) is 5. The molecule has 29 heavy (non-hydrogen) atoms. The first-order chi connectivity index (χ1) is 14.0. The summed E-state index contributed by atoms with van der Waals surface area (Å²) < 4.78 is 17.8. The Kier molecular flexibility index (Phi) is 4.78. The molecule has 0 unspecified atom stereocenters. The van der Waals surface area contributed by atoms with Crippen molar-refractivity contribution >= 4 is 0 Å². The fraction of sp³-hybridized carbons (Fsp3) is 0.667. The van der Waals surface area contributed by atoms with Gasteiger partial charge in [0.25, 0.3) is 0 Å². The van der Waals surface area contributed by atoms with E-state index in [9.17, 15) is 0 Å². The molecular weight excluding hydrogens is 364 g/mol. The van der Waals surface area contributed by atoms with Gasteiger partial charge in [-0.2, -0.15) is 0 Å². The third kappa shape index (κ3) is 3.53. The first-order valence-corrected chi connectivity index (χ1v) is 11.2. The summed E-state index contributed by atoms with van der Waals surface area (Å²) in [6.45, 7) is 5.65. The predicted molar refractivity (Wildman–Crippen MR) is 110 cm³/mol. The molecule has 0 spiro atoms. The van der Waals surface area contributed by atoms with E-state index in [-0.39, 0.29) is 11.2 Å². The van der Waals surface area contributed by atoms with Gasteiger partial charge in [-0.25, -0.2) is 0 Å². The lowest BCUT2D eigenvalue weighted by Crippen LogP contribution is -2.44. The summed E-state index contributed by atoms with van der Waals surface area (Å²) in [5.74, 6) is 1.18. The highest BCUT2D eigenvalue weighted by Gasteiger charge is 2.51. The van der Waals surface area contributed by atoms with Crippen LogP contribution in [-0.4, -0.2) is 29.2 Å². The maximum atomic E-state index is 6.25. The van der Waals surface area contributed by atoms with Crippen LogP contribution in [0.1, 0.15) is 76.2 Å². The van der Waals surface area contributed by atoms with Crippen LogP contribution in [0.5, 0.6) is 0 Å². The van der Waals surface area contributed by atoms with E-state index in [0.29, 0.717) is 11.3 Å². The van der Waals surface area contributed by atoms with E-state index >= 15 is 0 Å². The molecule has 4 aliphatic rings. The minimum Gasteiger partial charge on any atom is -0.420 e. The molecule has 6 rings (SSSR count). The molecule has 1 aromatic heterocycles. The zero-order valence-corrected chi connectivity index (χ0v) is 17.7. The summed E-state index contributed by atoms with van der Waals surface area (Å²) >= 11 is 0. The zero-order valence-electron chi connectivity index (χ0n) is 17.7. The second-order valence-corrected chi connectivity index (χ2v) is 9.69. The number of benzene rings is 1. The second-order valence-electron chi connectivity index (χ2n) is 9.69. The van der Waals surface area contributed by atoms with Crippen molar-refractivity contribution in [3.8, 4) is 11.5 Å². The van der Waals surface area contributed by atoms with E-state index in [4.69, 9.17) is 13.9 Å². The maximum Gasteiger partial charge on any atom is 0.248 e. The molecule has 3 saturated carbocycles. The molecule has 4 fully saturated rings. The number of aromatic nitrogens is 2. The summed E-state index contributed by atoms with van der Waals surface area (Å²) in [5.41, 5.74) is 2.82. The molecule has 1 saturated heterocycles. The van der Waals surface area contributed by atoms with Crippen molar-refractivity contribution in [2.45, 2.75) is 82.8 Å². The highest BCUT2D eigenvalue weighted by atomic mass is 16.7. The lowest BCUT2D eigenvalue weighted by atomic mass is 9.52. The van der Waals surface area contributed by atoms with E-state index in [1.165, 1.54) is 56.9 Å². The van der Waals surface area contributed by atoms with Crippen LogP contribution < -0.4 is 0 Å². The van der Waals surface area contributed by atoms with Crippen molar-refractivity contribution in [1.82, 2.24) is 10.2 Å². The minimum absolute atomic E-state index is 0.0966. The van der Waals surface area contributed by atoms with Crippen molar-refractivity contribution in [1.29, 1.82) is 0 Å². The number of ether oxygens (including phenoxy) is 2. The predicted octanol–water partition coefficient (Wildman–Crippen LogP) is 5.57. The molecule has 5 heteroatoms. The summed E-state index contributed by atoms with van der Waals surface area (Å²) in [7, 11) is 0. The van der Waals surface area contributed by atoms with Crippen LogP contribution in [0.4, 0.5) is 0 Å². The molecule has 0 amide bonds. The van der Waals surface area contributed by atoms with Crippen LogP contribution >= 0.6 is 0 Å². The molecule has 3 aliphatic carbocycles. The standard InChI is InChI=1S/C24H32N2O3/c1-18-6-3-4-7-19(18)20-25-26-21(29-20)24-13-10-23(11-14-24,12-15-24)9-5-8-22(2)27-16-17-28-22/h3-4,6-7H,5,8-17H2,1-2H3. The van der Waals surface area contributed by atoms with Gasteiger partial charge in [-0.05, 0) is 82.3 Å². The molecule has 0 radical (unpaired) electrons. The van der Waals surface area contributed by atoms with Gasteiger partial charge in [0.2, 0.25) is 11.8 Å². The van der Waals surface area contributed by atoms with Gasteiger partial charge in [0.15, 0.2) is 5.79 Å². The Morgan fingerprint density at radius 1 is 0.897 bits per heavy atom. The van der Waals surface area contributed by atoms with Gasteiger partial charge in [0.05, 0.1) is 13.2 Å². The average Bonchev–Trinajstić information content (AvgIpc) is 3.40. The van der Waals surface area contributed by atoms with Gasteiger partial charge in [0.1, 0.15) is 0 Å². The Bertz CT molecular complexity index is 844. The highest BCUT2D eigenvalue weighted by Crippen LogP contribution is 2.59. The van der Waals surface area contributed by atoms with Crippen molar-refractivity contribution < 1.29 is 13.9 Å². The molecule has 156 valence electrons. The molecule has 2 bridgehead atoms. The molecule has 0 N–H and O–H groups in total. The normalized spacial score (nSPS) is 30.7. The molecule has 0 atom stereocenters. The Balaban J connectivity index is 1.24. The smallest absolute Gasteiger partial charge is 0.248 e. The highest BCUT2D eigenvalue weighted by molar-refractivity contribution is 5.57. The van der Waals surface area contributed by atoms with Gasteiger partial charge in [-0.15, -0.1) is 10.2 Å². The van der Waals surface area contributed by atoms with E-state index in [1.54, 1.807) is 0 Å². The Morgan fingerprint density at radius 2 is 1.59 bits per heavy atom. The van der Waals surface area contributed by atoms with Crippen molar-refractivity contribution in [3.05, 3.63) is 35.7 Å². The molecule has 1 aliphatic heterocycles. The van der Waals surface area contributed by atoms with Crippen molar-refractivity contribution in [2.75, 3.05) is 13.2 Å². The van der Waals surface area contributed by atoms with E-state index < -0.39 is 0 Å². The first-order valence-electron chi connectivity index (χ1n) is 11.2. The number of aryl methyl sites for hydroxylation is 1. The maximum absolute atomic E-state index is 6.25. The minimum atomic E-state index is -0.348. The number of rotatable bonds is 6. The molecular formula is C24H32N2O3. The summed E-state index contributed by atoms with van der Waals surface area (Å²) in [6, 6.07) is 8.23. The van der Waals surface area contributed by atoms with Crippen LogP contribution in [0.15, 0.2) is 28.7 Å². The zero-order chi connectivity index (χ0) is 20.0. The largest absolute Gasteiger partial charge is 0.420 e. The fourth-order valence-electron chi connectivity index (χ4n) is 5.80. The van der Waals surface area contributed by atoms with Gasteiger partial charge in [0, 0.05) is 17.4 Å². The number of fused-ring (bicyclic) bond motifs is 3. The number of hydrogen-bond donors (Lipinski definition) is 0. The molecule has 2 heterocycles. The van der Waals surface area contributed by atoms with Crippen LogP contribution in [0, 0.1) is 12.3 Å². The summed E-state index contributed by atoms with van der Waals surface area (Å²) in [6.07, 6.45) is 10.8. The molecule has 1 aromatic carbocycles. The summed E-state index contributed by atoms with van der Waals surface area (Å²) in [5, 5.41) is 8.93. The third-order valence-electron chi connectivity index (χ3n) is 7.89. The van der Waals surface area contributed by atoms with Gasteiger partial charge >= 0.3 is 0 Å². The monoisotopic (exact) mass is 396 g/mol. The quantitative estimate of drug-likeness (QED) is 0.639. The number of nitrogens with zero attached hydrogens (tertiary/aromatic N) is 2. The second kappa shape index (κ2) is 7.21. The van der Waals surface area contributed by atoms with Crippen molar-refractivity contribution in [2.24, 2.45) is 5.41 Å². The van der Waals surface area contributed by atoms with E-state index in [2.05, 4.69) is 36.2 Å². The third-order valence-corrected chi connectivity index (χ3v) is 7.89. The van der Waals surface area contributed by atoms with Crippen molar-refractivity contribution in [3.63, 3.8) is 0 Å². The Hall–Kier alpha value is -1.72. The van der Waals surface area contributed by atoms with Gasteiger partial charge in [-0.1, -0.05) is 18.2 Å². The Labute approximate surface area is 173 Å². The molecule has 2 aromatic rings. The SMILES string of the molecule is Cc1ccccc1-c1nnc(C23CCC(CCCC4(C)OCCO4)(CC2)CC3)o1. The Morgan fingerprint density at radius 3 is 2.28 bits per heavy atom. The average molecular weight is 397 g/mol. The van der Waals surface area contributed by atoms with Crippen LogP contribution in [0.3, 0.4) is 0 Å². The van der Waals surface area contributed by atoms with E-state index in [0.717, 1.165) is 31.1 Å². The van der Waals surface area contributed by atoms with Crippen LogP contribution in [0.2, 0.25) is 0 Å². The van der Waals surface area contributed by atoms with Crippen LogP contribution in [0.25, 0.3) is 11.5 Å². The lowest BCUT2D eigenvalue weighted by molar-refractivity contribution is -0.149. The van der Waals surface area contributed by atoms with Crippen LogP contribution in [-0.2, 0) is 14.9 Å². The summed E-state index contributed by atoms with van der Waals surface area (Å²) in [4.78, 5) is 0. The lowest BCUT2D eigenvalue weighted by Gasteiger charge is -2.52. The topological polar surface area (TPSA) is 57.4 Å². The van der Waals surface area contributed by atoms with E-state index in [1.807, 2.05) is 12.1 Å². The van der Waals surface area contributed by atoms with Gasteiger partial charge in [-0.3, -0.25) is 0 Å².